The summed E-state index contributed by atoms with van der Waals surface area (Å²) in [7, 11) is 5.83. The highest BCUT2D eigenvalue weighted by atomic mass is 16.5. The Bertz CT molecular complexity index is 848. The first-order valence-corrected chi connectivity index (χ1v) is 10.9. The van der Waals surface area contributed by atoms with Crippen molar-refractivity contribution in [1.82, 2.24) is 19.7 Å². The van der Waals surface area contributed by atoms with Gasteiger partial charge in [-0.3, -0.25) is 4.57 Å². The lowest BCUT2D eigenvalue weighted by Gasteiger charge is -2.42. The second-order valence-electron chi connectivity index (χ2n) is 8.81. The maximum Gasteiger partial charge on any atom is 0.326 e. The van der Waals surface area contributed by atoms with E-state index in [2.05, 4.69) is 29.2 Å². The summed E-state index contributed by atoms with van der Waals surface area (Å²) in [5.41, 5.74) is 2.13. The van der Waals surface area contributed by atoms with E-state index >= 15 is 0 Å². The van der Waals surface area contributed by atoms with Gasteiger partial charge in [0.25, 0.3) is 0 Å². The molecule has 0 atom stereocenters. The highest BCUT2D eigenvalue weighted by Gasteiger charge is 2.29. The van der Waals surface area contributed by atoms with Gasteiger partial charge in [0.15, 0.2) is 0 Å². The molecule has 6 heteroatoms. The first-order chi connectivity index (χ1) is 14.0. The maximum atomic E-state index is 13.1. The minimum absolute atomic E-state index is 0.0105. The first-order valence-electron chi connectivity index (χ1n) is 10.9. The molecule has 1 aromatic carbocycles. The third-order valence-electron chi connectivity index (χ3n) is 6.57. The Balaban J connectivity index is 1.48. The largest absolute Gasteiger partial charge is 0.497 e. The molecular weight excluding hydrogens is 364 g/mol. The summed E-state index contributed by atoms with van der Waals surface area (Å²) in [6, 6.07) is 6.97. The fourth-order valence-corrected chi connectivity index (χ4v) is 4.65. The SMILES string of the molecule is COc1ccc2c(c1)c(CCN(C)C)cn2C(=O)NC1CCC(N2CCC2)CC1. The zero-order valence-corrected chi connectivity index (χ0v) is 18.0. The number of benzene rings is 1. The van der Waals surface area contributed by atoms with Gasteiger partial charge in [-0.05, 0) is 89.5 Å². The van der Waals surface area contributed by atoms with Crippen molar-refractivity contribution in [2.24, 2.45) is 0 Å². The van der Waals surface area contributed by atoms with Crippen molar-refractivity contribution < 1.29 is 9.53 Å². The van der Waals surface area contributed by atoms with Crippen molar-refractivity contribution in [1.29, 1.82) is 0 Å². The van der Waals surface area contributed by atoms with Gasteiger partial charge in [-0.1, -0.05) is 0 Å². The maximum absolute atomic E-state index is 13.1. The molecule has 29 heavy (non-hydrogen) atoms. The Morgan fingerprint density at radius 2 is 1.97 bits per heavy atom. The molecule has 1 aromatic heterocycles. The molecule has 0 unspecified atom stereocenters. The van der Waals surface area contributed by atoms with Crippen LogP contribution in [0, 0.1) is 0 Å². The average Bonchev–Trinajstić information content (AvgIpc) is 3.04. The number of methoxy groups -OCH3 is 1. The number of nitrogens with one attached hydrogen (secondary N) is 1. The zero-order valence-electron chi connectivity index (χ0n) is 18.0. The van der Waals surface area contributed by atoms with Crippen LogP contribution in [0.4, 0.5) is 4.79 Å². The van der Waals surface area contributed by atoms with E-state index in [1.807, 2.05) is 24.4 Å². The third kappa shape index (κ3) is 4.43. The highest BCUT2D eigenvalue weighted by Crippen LogP contribution is 2.28. The molecule has 0 spiro atoms. The van der Waals surface area contributed by atoms with Gasteiger partial charge in [0, 0.05) is 30.2 Å². The third-order valence-corrected chi connectivity index (χ3v) is 6.57. The summed E-state index contributed by atoms with van der Waals surface area (Å²) in [4.78, 5) is 17.9. The van der Waals surface area contributed by atoms with Crippen LogP contribution in [-0.2, 0) is 6.42 Å². The lowest BCUT2D eigenvalue weighted by molar-refractivity contribution is 0.0847. The van der Waals surface area contributed by atoms with Crippen LogP contribution in [0.1, 0.15) is 37.7 Å². The number of ether oxygens (including phenoxy) is 1. The van der Waals surface area contributed by atoms with E-state index in [0.29, 0.717) is 0 Å². The Morgan fingerprint density at radius 1 is 1.21 bits per heavy atom. The number of carbonyl (C=O) groups excluding carboxylic acids is 1. The van der Waals surface area contributed by atoms with Crippen molar-refractivity contribution >= 4 is 16.9 Å². The summed E-state index contributed by atoms with van der Waals surface area (Å²) < 4.78 is 7.21. The Morgan fingerprint density at radius 3 is 2.59 bits per heavy atom. The predicted molar refractivity (Wildman–Crippen MR) is 117 cm³/mol. The summed E-state index contributed by atoms with van der Waals surface area (Å²) >= 11 is 0. The van der Waals surface area contributed by atoms with Crippen molar-refractivity contribution in [3.05, 3.63) is 30.0 Å². The molecular formula is C23H34N4O2. The van der Waals surface area contributed by atoms with E-state index in [-0.39, 0.29) is 12.1 Å². The molecule has 6 nitrogen and oxygen atoms in total. The van der Waals surface area contributed by atoms with Crippen LogP contribution < -0.4 is 10.1 Å². The van der Waals surface area contributed by atoms with Gasteiger partial charge in [0.05, 0.1) is 12.6 Å². The van der Waals surface area contributed by atoms with Crippen molar-refractivity contribution in [3.8, 4) is 5.75 Å². The zero-order chi connectivity index (χ0) is 20.4. The van der Waals surface area contributed by atoms with Crippen LogP contribution in [0.3, 0.4) is 0 Å². The normalized spacial score (nSPS) is 22.6. The van der Waals surface area contributed by atoms with E-state index in [1.54, 1.807) is 11.7 Å². The number of hydrogen-bond acceptors (Lipinski definition) is 4. The molecule has 1 amide bonds. The lowest BCUT2D eigenvalue weighted by atomic mass is 9.89. The molecule has 4 rings (SSSR count). The molecule has 0 bridgehead atoms. The van der Waals surface area contributed by atoms with E-state index < -0.39 is 0 Å². The minimum atomic E-state index is -0.0105. The number of carbonyl (C=O) groups is 1. The smallest absolute Gasteiger partial charge is 0.326 e. The molecule has 1 saturated carbocycles. The molecule has 2 aromatic rings. The first kappa shape index (κ1) is 20.2. The fraction of sp³-hybridized carbons (Fsp3) is 0.609. The number of hydrogen-bond donors (Lipinski definition) is 1. The molecule has 1 N–H and O–H groups in total. The van der Waals surface area contributed by atoms with Gasteiger partial charge in [-0.2, -0.15) is 0 Å². The van der Waals surface area contributed by atoms with E-state index in [1.165, 1.54) is 37.9 Å². The number of likely N-dealkylation sites (tertiary alicyclic amines) is 1. The molecule has 2 heterocycles. The molecule has 2 fully saturated rings. The molecule has 1 aliphatic heterocycles. The summed E-state index contributed by atoms with van der Waals surface area (Å²) in [6.07, 6.45) is 8.80. The Labute approximate surface area is 173 Å². The lowest BCUT2D eigenvalue weighted by Crippen LogP contribution is -2.49. The number of nitrogens with zero attached hydrogens (tertiary/aromatic N) is 3. The van der Waals surface area contributed by atoms with Crippen LogP contribution in [0.15, 0.2) is 24.4 Å². The Kier molecular flexibility index (Phi) is 6.11. The summed E-state index contributed by atoms with van der Waals surface area (Å²) in [5.74, 6) is 0.825. The minimum Gasteiger partial charge on any atom is -0.497 e. The van der Waals surface area contributed by atoms with Gasteiger partial charge >= 0.3 is 6.03 Å². The average molecular weight is 399 g/mol. The molecule has 158 valence electrons. The standard InChI is InChI=1S/C23H34N4O2/c1-25(2)14-11-17-16-27(22-10-9-20(29-3)15-21(17)22)23(28)24-18-5-7-19(8-6-18)26-12-4-13-26/h9-10,15-16,18-19H,4-8,11-14H2,1-3H3,(H,24,28). The number of likely N-dealkylation sites (N-methyl/N-ethyl adjacent to an activating group) is 1. The van der Waals surface area contributed by atoms with E-state index in [0.717, 1.165) is 48.5 Å². The van der Waals surface area contributed by atoms with Crippen LogP contribution in [0.25, 0.3) is 10.9 Å². The molecule has 0 radical (unpaired) electrons. The summed E-state index contributed by atoms with van der Waals surface area (Å²) in [6.45, 7) is 3.46. The Hall–Kier alpha value is -2.05. The van der Waals surface area contributed by atoms with Gasteiger partial charge in [-0.15, -0.1) is 0 Å². The molecule has 1 aliphatic carbocycles. The van der Waals surface area contributed by atoms with Gasteiger partial charge in [-0.25, -0.2) is 4.79 Å². The number of amides is 1. The number of rotatable bonds is 6. The second kappa shape index (κ2) is 8.76. The van der Waals surface area contributed by atoms with Crippen molar-refractivity contribution in [2.45, 2.75) is 50.6 Å². The van der Waals surface area contributed by atoms with Gasteiger partial charge < -0.3 is 19.9 Å². The van der Waals surface area contributed by atoms with Gasteiger partial charge in [0.1, 0.15) is 5.75 Å². The van der Waals surface area contributed by atoms with Crippen LogP contribution in [0.2, 0.25) is 0 Å². The predicted octanol–water partition coefficient (Wildman–Crippen LogP) is 3.33. The van der Waals surface area contributed by atoms with Crippen molar-refractivity contribution in [3.63, 3.8) is 0 Å². The van der Waals surface area contributed by atoms with E-state index in [9.17, 15) is 4.79 Å². The van der Waals surface area contributed by atoms with Crippen LogP contribution in [-0.4, -0.2) is 73.3 Å². The second-order valence-corrected chi connectivity index (χ2v) is 8.81. The number of aromatic nitrogens is 1. The number of fused-ring (bicyclic) bond motifs is 1. The van der Waals surface area contributed by atoms with Crippen molar-refractivity contribution in [2.75, 3.05) is 40.8 Å². The summed E-state index contributed by atoms with van der Waals surface area (Å²) in [5, 5.41) is 4.39. The van der Waals surface area contributed by atoms with Crippen LogP contribution in [0.5, 0.6) is 5.75 Å². The van der Waals surface area contributed by atoms with Gasteiger partial charge in [0.2, 0.25) is 0 Å². The molecule has 1 saturated heterocycles. The monoisotopic (exact) mass is 398 g/mol. The fourth-order valence-electron chi connectivity index (χ4n) is 4.65. The topological polar surface area (TPSA) is 49.7 Å². The highest BCUT2D eigenvalue weighted by molar-refractivity contribution is 5.94. The quantitative estimate of drug-likeness (QED) is 0.811. The van der Waals surface area contributed by atoms with Crippen LogP contribution >= 0.6 is 0 Å². The van der Waals surface area contributed by atoms with E-state index in [4.69, 9.17) is 4.74 Å². The molecule has 2 aliphatic rings.